The van der Waals surface area contributed by atoms with E-state index in [9.17, 15) is 19.2 Å². The van der Waals surface area contributed by atoms with Gasteiger partial charge in [0.1, 0.15) is 0 Å². The van der Waals surface area contributed by atoms with E-state index in [0.29, 0.717) is 0 Å². The third kappa shape index (κ3) is 0.952. The predicted octanol–water partition coefficient (Wildman–Crippen LogP) is -1.54. The lowest BCUT2D eigenvalue weighted by atomic mass is 10.3. The summed E-state index contributed by atoms with van der Waals surface area (Å²) in [6.07, 6.45) is 0. The first-order valence-electron chi connectivity index (χ1n) is 4.49. The van der Waals surface area contributed by atoms with Crippen LogP contribution in [-0.4, -0.2) is 9.13 Å². The first-order chi connectivity index (χ1) is 7.63. The Kier molecular flexibility index (Phi) is 1.40. The minimum absolute atomic E-state index is 0.275. The van der Waals surface area contributed by atoms with E-state index in [1.807, 2.05) is 0 Å². The average molecular weight is 216 g/mol. The summed E-state index contributed by atoms with van der Waals surface area (Å²) >= 11 is 0. The highest BCUT2D eigenvalue weighted by Crippen LogP contribution is 2.14. The number of hydrogen-bond acceptors (Lipinski definition) is 4. The number of benzene rings is 1. The molecule has 2 aromatic heterocycles. The maximum absolute atomic E-state index is 11.0. The molecule has 0 unspecified atom stereocenters. The van der Waals surface area contributed by atoms with E-state index >= 15 is 0 Å². The van der Waals surface area contributed by atoms with Gasteiger partial charge in [-0.2, -0.15) is 0 Å². The zero-order valence-corrected chi connectivity index (χ0v) is 7.84. The van der Waals surface area contributed by atoms with E-state index < -0.39 is 22.2 Å². The van der Waals surface area contributed by atoms with Crippen LogP contribution in [0, 0.1) is 0 Å². The third-order valence-corrected chi connectivity index (χ3v) is 2.44. The molecule has 0 amide bonds. The Bertz CT molecular complexity index is 716. The molecule has 2 heterocycles. The molecule has 0 bridgehead atoms. The predicted molar refractivity (Wildman–Crippen MR) is 54.9 cm³/mol. The van der Waals surface area contributed by atoms with Crippen molar-refractivity contribution in [1.29, 1.82) is 0 Å². The summed E-state index contributed by atoms with van der Waals surface area (Å²) in [6, 6.07) is 6.26. The fourth-order valence-electron chi connectivity index (χ4n) is 1.55. The number of rotatable bonds is 2. The molecule has 16 heavy (non-hydrogen) atoms. The van der Waals surface area contributed by atoms with Crippen molar-refractivity contribution in [3.8, 4) is 11.4 Å². The van der Waals surface area contributed by atoms with Crippen molar-refractivity contribution in [2.24, 2.45) is 0 Å². The summed E-state index contributed by atoms with van der Waals surface area (Å²) in [6.45, 7) is 0. The molecule has 0 atom stereocenters. The van der Waals surface area contributed by atoms with Crippen LogP contribution in [0.25, 0.3) is 11.4 Å². The quantitative estimate of drug-likeness (QED) is 0.486. The van der Waals surface area contributed by atoms with Crippen LogP contribution < -0.4 is 22.2 Å². The topological polar surface area (TPSA) is 78.1 Å². The second-order valence-electron chi connectivity index (χ2n) is 3.38. The minimum Gasteiger partial charge on any atom is -0.262 e. The number of nitrogens with zero attached hydrogens (tertiary/aromatic N) is 2. The molecular formula is C10H4N2O4. The van der Waals surface area contributed by atoms with Gasteiger partial charge in [0.25, 0.3) is 0 Å². The normalized spacial score (nSPS) is 11.5. The van der Waals surface area contributed by atoms with Crippen molar-refractivity contribution < 1.29 is 0 Å². The molecule has 0 saturated heterocycles. The standard InChI is InChI=1S/C10H4N2O4/c13-7-8(14)11(7)5-3-1-2-4-6(5)12-9(15)10(12)16/h1-4H. The van der Waals surface area contributed by atoms with Gasteiger partial charge in [-0.1, -0.05) is 12.1 Å². The van der Waals surface area contributed by atoms with Crippen LogP contribution in [0.4, 0.5) is 0 Å². The second kappa shape index (κ2) is 2.54. The van der Waals surface area contributed by atoms with Crippen molar-refractivity contribution in [3.05, 3.63) is 65.7 Å². The van der Waals surface area contributed by atoms with Gasteiger partial charge in [0.05, 0.1) is 11.4 Å². The van der Waals surface area contributed by atoms with Crippen molar-refractivity contribution in [3.63, 3.8) is 0 Å². The van der Waals surface area contributed by atoms with Gasteiger partial charge in [-0.15, -0.1) is 0 Å². The van der Waals surface area contributed by atoms with Gasteiger partial charge < -0.3 is 0 Å². The Morgan fingerprint density at radius 2 is 0.938 bits per heavy atom. The summed E-state index contributed by atoms with van der Waals surface area (Å²) in [5, 5.41) is 0. The van der Waals surface area contributed by atoms with Gasteiger partial charge in [0.15, 0.2) is 0 Å². The van der Waals surface area contributed by atoms with Gasteiger partial charge in [-0.05, 0) is 12.1 Å². The molecule has 0 N–H and O–H groups in total. The fourth-order valence-corrected chi connectivity index (χ4v) is 1.55. The molecule has 3 aromatic rings. The molecule has 0 spiro atoms. The molecule has 3 rings (SSSR count). The zero-order chi connectivity index (χ0) is 11.4. The molecule has 6 nitrogen and oxygen atoms in total. The van der Waals surface area contributed by atoms with Crippen LogP contribution in [0.2, 0.25) is 0 Å². The van der Waals surface area contributed by atoms with E-state index in [1.165, 1.54) is 12.1 Å². The van der Waals surface area contributed by atoms with E-state index in [4.69, 9.17) is 0 Å². The van der Waals surface area contributed by atoms with Crippen molar-refractivity contribution in [2.75, 3.05) is 0 Å². The van der Waals surface area contributed by atoms with Crippen LogP contribution in [0.5, 0.6) is 0 Å². The Morgan fingerprint density at radius 3 is 1.19 bits per heavy atom. The third-order valence-electron chi connectivity index (χ3n) is 2.44. The van der Waals surface area contributed by atoms with Gasteiger partial charge in [0, 0.05) is 0 Å². The summed E-state index contributed by atoms with van der Waals surface area (Å²) in [5.74, 6) is 0. The Balaban J connectivity index is 2.29. The molecule has 0 fully saturated rings. The second-order valence-corrected chi connectivity index (χ2v) is 3.38. The van der Waals surface area contributed by atoms with Crippen molar-refractivity contribution in [2.45, 2.75) is 0 Å². The van der Waals surface area contributed by atoms with E-state index in [2.05, 4.69) is 0 Å². The number of hydrogen-bond donors (Lipinski definition) is 0. The smallest absolute Gasteiger partial charge is 0.262 e. The SMILES string of the molecule is O=c1c(=O)n1-c1ccccc1-n1c(=O)c1=O. The maximum Gasteiger partial charge on any atom is 0.324 e. The number of para-hydroxylation sites is 2. The van der Waals surface area contributed by atoms with Gasteiger partial charge in [-0.3, -0.25) is 19.2 Å². The molecule has 0 radical (unpaired) electrons. The lowest BCUT2D eigenvalue weighted by Crippen LogP contribution is -2.01. The van der Waals surface area contributed by atoms with Crippen molar-refractivity contribution in [1.82, 2.24) is 9.13 Å². The first kappa shape index (κ1) is 8.78. The van der Waals surface area contributed by atoms with Gasteiger partial charge in [-0.25, -0.2) is 9.13 Å². The molecule has 0 aliphatic rings. The molecule has 0 saturated carbocycles. The molecule has 6 heteroatoms. The highest BCUT2D eigenvalue weighted by Gasteiger charge is 2.26. The zero-order valence-electron chi connectivity index (χ0n) is 7.84. The molecule has 0 aliphatic heterocycles. The summed E-state index contributed by atoms with van der Waals surface area (Å²) in [4.78, 5) is 43.9. The Labute approximate surface area is 87.0 Å². The number of aromatic nitrogens is 2. The van der Waals surface area contributed by atoms with Crippen LogP contribution in [0.3, 0.4) is 0 Å². The lowest BCUT2D eigenvalue weighted by molar-refractivity contribution is 1.08. The fraction of sp³-hybridized carbons (Fsp3) is 0. The monoisotopic (exact) mass is 216 g/mol. The van der Waals surface area contributed by atoms with E-state index in [1.54, 1.807) is 12.1 Å². The van der Waals surface area contributed by atoms with Crippen LogP contribution >= 0.6 is 0 Å². The van der Waals surface area contributed by atoms with Crippen LogP contribution in [0.15, 0.2) is 43.4 Å². The molecular weight excluding hydrogens is 212 g/mol. The molecule has 1 aromatic carbocycles. The summed E-state index contributed by atoms with van der Waals surface area (Å²) in [7, 11) is 0. The Morgan fingerprint density at radius 1 is 0.625 bits per heavy atom. The largest absolute Gasteiger partial charge is 0.324 e. The van der Waals surface area contributed by atoms with Crippen LogP contribution in [0.1, 0.15) is 0 Å². The average Bonchev–Trinajstić information content (AvgIpc) is 3.07. The Hall–Kier alpha value is -2.50. The van der Waals surface area contributed by atoms with Crippen LogP contribution in [-0.2, 0) is 0 Å². The molecule has 0 aliphatic carbocycles. The first-order valence-corrected chi connectivity index (χ1v) is 4.49. The highest BCUT2D eigenvalue weighted by atomic mass is 16.2. The minimum atomic E-state index is -0.630. The highest BCUT2D eigenvalue weighted by molar-refractivity contribution is 5.54. The maximum atomic E-state index is 11.0. The summed E-state index contributed by atoms with van der Waals surface area (Å²) in [5.41, 5.74) is -1.97. The van der Waals surface area contributed by atoms with Crippen molar-refractivity contribution >= 4 is 0 Å². The lowest BCUT2D eigenvalue weighted by Gasteiger charge is -2.00. The van der Waals surface area contributed by atoms with Gasteiger partial charge in [0.2, 0.25) is 0 Å². The van der Waals surface area contributed by atoms with Gasteiger partial charge >= 0.3 is 22.2 Å². The molecule has 78 valence electrons. The van der Waals surface area contributed by atoms with E-state index in [-0.39, 0.29) is 11.4 Å². The van der Waals surface area contributed by atoms with E-state index in [0.717, 1.165) is 9.13 Å². The summed E-state index contributed by atoms with van der Waals surface area (Å²) < 4.78 is 1.85.